The number of aromatic amines is 1. The van der Waals surface area contributed by atoms with Gasteiger partial charge in [-0.25, -0.2) is 0 Å². The highest BCUT2D eigenvalue weighted by Gasteiger charge is 2.50. The molecule has 1 aromatic heterocycles. The maximum absolute atomic E-state index is 12.9. The number of H-pyrrole nitrogens is 1. The van der Waals surface area contributed by atoms with E-state index in [4.69, 9.17) is 5.73 Å². The topological polar surface area (TPSA) is 132 Å². The molecule has 166 valence electrons. The average Bonchev–Trinajstić information content (AvgIpc) is 3.44. The zero-order chi connectivity index (χ0) is 22.3. The van der Waals surface area contributed by atoms with Crippen molar-refractivity contribution >= 4 is 11.9 Å². The van der Waals surface area contributed by atoms with E-state index in [-0.39, 0.29) is 11.9 Å². The molecule has 5 N–H and O–H groups in total. The number of rotatable bonds is 5. The van der Waals surface area contributed by atoms with E-state index in [2.05, 4.69) is 15.2 Å². The van der Waals surface area contributed by atoms with E-state index < -0.39 is 11.8 Å². The number of aliphatic hydroxyl groups excluding tert-OH is 1. The molecule has 1 saturated carbocycles. The Labute approximate surface area is 185 Å². The fourth-order valence-electron chi connectivity index (χ4n) is 4.13. The van der Waals surface area contributed by atoms with Crippen molar-refractivity contribution in [2.45, 2.75) is 24.7 Å². The van der Waals surface area contributed by atoms with Crippen molar-refractivity contribution in [3.05, 3.63) is 54.1 Å². The minimum atomic E-state index is -0.959. The van der Waals surface area contributed by atoms with Gasteiger partial charge >= 0.3 is 0 Å². The molecule has 1 saturated heterocycles. The van der Waals surface area contributed by atoms with E-state index in [0.29, 0.717) is 50.4 Å². The molecular formula is C23H26N6O3. The Hall–Kier alpha value is -3.27. The van der Waals surface area contributed by atoms with Crippen molar-refractivity contribution in [3.63, 3.8) is 0 Å². The van der Waals surface area contributed by atoms with Crippen LogP contribution in [0.5, 0.6) is 0 Å². The summed E-state index contributed by atoms with van der Waals surface area (Å²) >= 11 is 0. The Morgan fingerprint density at radius 2 is 1.72 bits per heavy atom. The van der Waals surface area contributed by atoms with E-state index in [1.54, 1.807) is 4.90 Å². The highest BCUT2D eigenvalue weighted by Crippen LogP contribution is 2.39. The van der Waals surface area contributed by atoms with Gasteiger partial charge in [0.2, 0.25) is 5.95 Å². The SMILES string of the molecule is Nc1n[nH]c(-c2cccc(-c3ccc(C(=O)N4CCN(C(O)C5(O)CC5)CC4)cc3)c2)n1. The van der Waals surface area contributed by atoms with Crippen LogP contribution in [0.25, 0.3) is 22.5 Å². The molecule has 9 heteroatoms. The van der Waals surface area contributed by atoms with Crippen LogP contribution in [0.4, 0.5) is 5.95 Å². The fourth-order valence-corrected chi connectivity index (χ4v) is 4.13. The number of hydrogen-bond donors (Lipinski definition) is 4. The van der Waals surface area contributed by atoms with Gasteiger partial charge in [-0.3, -0.25) is 14.8 Å². The van der Waals surface area contributed by atoms with Crippen LogP contribution in [0.3, 0.4) is 0 Å². The molecule has 3 aromatic rings. The summed E-state index contributed by atoms with van der Waals surface area (Å²) in [6.07, 6.45) is 0.424. The van der Waals surface area contributed by atoms with Gasteiger partial charge < -0.3 is 20.8 Å². The lowest BCUT2D eigenvalue weighted by molar-refractivity contribution is -0.108. The molecule has 1 aliphatic carbocycles. The molecule has 0 bridgehead atoms. The third kappa shape index (κ3) is 3.97. The second-order valence-electron chi connectivity index (χ2n) is 8.51. The van der Waals surface area contributed by atoms with Crippen molar-refractivity contribution in [2.24, 2.45) is 0 Å². The van der Waals surface area contributed by atoms with Crippen LogP contribution in [0, 0.1) is 0 Å². The lowest BCUT2D eigenvalue weighted by Gasteiger charge is -2.38. The predicted octanol–water partition coefficient (Wildman–Crippen LogP) is 1.32. The summed E-state index contributed by atoms with van der Waals surface area (Å²) < 4.78 is 0. The Morgan fingerprint density at radius 3 is 2.34 bits per heavy atom. The van der Waals surface area contributed by atoms with E-state index >= 15 is 0 Å². The Balaban J connectivity index is 1.25. The lowest BCUT2D eigenvalue weighted by atomic mass is 10.0. The zero-order valence-corrected chi connectivity index (χ0v) is 17.6. The van der Waals surface area contributed by atoms with Gasteiger partial charge in [0.25, 0.3) is 5.91 Å². The van der Waals surface area contributed by atoms with Crippen LogP contribution >= 0.6 is 0 Å². The van der Waals surface area contributed by atoms with Crippen LogP contribution < -0.4 is 5.73 Å². The maximum Gasteiger partial charge on any atom is 0.253 e. The van der Waals surface area contributed by atoms with Crippen LogP contribution in [0.1, 0.15) is 23.2 Å². The van der Waals surface area contributed by atoms with Gasteiger partial charge in [0.15, 0.2) is 5.82 Å². The summed E-state index contributed by atoms with van der Waals surface area (Å²) in [5.74, 6) is 0.780. The number of benzene rings is 2. The highest BCUT2D eigenvalue weighted by atomic mass is 16.4. The van der Waals surface area contributed by atoms with Crippen molar-refractivity contribution < 1.29 is 15.0 Å². The molecular weight excluding hydrogens is 408 g/mol. The largest absolute Gasteiger partial charge is 0.386 e. The maximum atomic E-state index is 12.9. The molecule has 2 aliphatic rings. The normalized spacial score (nSPS) is 19.0. The summed E-state index contributed by atoms with van der Waals surface area (Å²) in [5.41, 5.74) is 8.13. The van der Waals surface area contributed by atoms with Gasteiger partial charge in [-0.15, -0.1) is 5.10 Å². The average molecular weight is 435 g/mol. The van der Waals surface area contributed by atoms with Crippen LogP contribution in [-0.2, 0) is 0 Å². The standard InChI is InChI=1S/C23H26N6O3/c24-22-25-19(26-27-22)18-3-1-2-17(14-18)15-4-6-16(7-5-15)20(30)28-10-12-29(13-11-28)21(31)23(32)8-9-23/h1-7,14,21,31-32H,8-13H2,(H3,24,25,26,27). The number of hydrogen-bond acceptors (Lipinski definition) is 7. The van der Waals surface area contributed by atoms with Crippen molar-refractivity contribution in [3.8, 4) is 22.5 Å². The van der Waals surface area contributed by atoms with Gasteiger partial charge in [-0.2, -0.15) is 4.98 Å². The Morgan fingerprint density at radius 1 is 1.03 bits per heavy atom. The summed E-state index contributed by atoms with van der Waals surface area (Å²) in [4.78, 5) is 20.8. The first kappa shape index (κ1) is 20.6. The summed E-state index contributed by atoms with van der Waals surface area (Å²) in [6.45, 7) is 2.14. The Kier molecular flexibility index (Phi) is 5.16. The molecule has 32 heavy (non-hydrogen) atoms. The monoisotopic (exact) mass is 434 g/mol. The second-order valence-corrected chi connectivity index (χ2v) is 8.51. The number of amides is 1. The number of nitrogens with one attached hydrogen (secondary N) is 1. The van der Waals surface area contributed by atoms with Crippen molar-refractivity contribution in [1.29, 1.82) is 0 Å². The van der Waals surface area contributed by atoms with Crippen LogP contribution in [0.2, 0.25) is 0 Å². The quantitative estimate of drug-likeness (QED) is 0.476. The molecule has 1 amide bonds. The lowest BCUT2D eigenvalue weighted by Crippen LogP contribution is -2.55. The first-order valence-electron chi connectivity index (χ1n) is 10.8. The minimum Gasteiger partial charge on any atom is -0.386 e. The van der Waals surface area contributed by atoms with E-state index in [9.17, 15) is 15.0 Å². The van der Waals surface area contributed by atoms with Gasteiger partial charge in [0.1, 0.15) is 11.8 Å². The number of nitrogens with two attached hydrogens (primary N) is 1. The third-order valence-corrected chi connectivity index (χ3v) is 6.29. The van der Waals surface area contributed by atoms with E-state index in [1.165, 1.54) is 0 Å². The van der Waals surface area contributed by atoms with E-state index in [0.717, 1.165) is 16.7 Å². The number of nitrogen functional groups attached to an aromatic ring is 1. The molecule has 0 radical (unpaired) electrons. The first-order chi connectivity index (χ1) is 15.4. The molecule has 1 aliphatic heterocycles. The minimum absolute atomic E-state index is 0.0262. The third-order valence-electron chi connectivity index (χ3n) is 6.29. The second kappa shape index (κ2) is 8.01. The van der Waals surface area contributed by atoms with Crippen molar-refractivity contribution in [1.82, 2.24) is 25.0 Å². The number of aromatic nitrogens is 3. The summed E-state index contributed by atoms with van der Waals surface area (Å²) in [6, 6.07) is 15.4. The van der Waals surface area contributed by atoms with Crippen LogP contribution in [0.15, 0.2) is 48.5 Å². The molecule has 1 atom stereocenters. The predicted molar refractivity (Wildman–Crippen MR) is 119 cm³/mol. The van der Waals surface area contributed by atoms with Gasteiger partial charge in [-0.1, -0.05) is 30.3 Å². The summed E-state index contributed by atoms with van der Waals surface area (Å²) in [7, 11) is 0. The number of anilines is 1. The molecule has 9 nitrogen and oxygen atoms in total. The molecule has 0 spiro atoms. The number of aliphatic hydroxyl groups is 2. The Bertz CT molecular complexity index is 1120. The number of carbonyl (C=O) groups excluding carboxylic acids is 1. The van der Waals surface area contributed by atoms with Gasteiger partial charge in [0.05, 0.1) is 0 Å². The fraction of sp³-hybridized carbons (Fsp3) is 0.348. The van der Waals surface area contributed by atoms with Crippen LogP contribution in [-0.4, -0.2) is 79.1 Å². The van der Waals surface area contributed by atoms with Crippen molar-refractivity contribution in [2.75, 3.05) is 31.9 Å². The molecule has 2 fully saturated rings. The van der Waals surface area contributed by atoms with Gasteiger partial charge in [0, 0.05) is 37.3 Å². The number of piperazine rings is 1. The van der Waals surface area contributed by atoms with Gasteiger partial charge in [-0.05, 0) is 42.2 Å². The highest BCUT2D eigenvalue weighted by molar-refractivity contribution is 5.94. The molecule has 2 aromatic carbocycles. The number of nitrogens with zero attached hydrogens (tertiary/aromatic N) is 4. The molecule has 1 unspecified atom stereocenters. The molecule has 2 heterocycles. The van der Waals surface area contributed by atoms with E-state index in [1.807, 2.05) is 53.4 Å². The molecule has 5 rings (SSSR count). The zero-order valence-electron chi connectivity index (χ0n) is 17.6. The number of carbonyl (C=O) groups is 1. The summed E-state index contributed by atoms with van der Waals surface area (Å²) in [5, 5.41) is 27.1. The smallest absolute Gasteiger partial charge is 0.253 e. The first-order valence-corrected chi connectivity index (χ1v) is 10.8.